The van der Waals surface area contributed by atoms with Crippen LogP contribution in [0.2, 0.25) is 0 Å². The van der Waals surface area contributed by atoms with Crippen molar-refractivity contribution in [3.05, 3.63) is 54.6 Å². The number of carbonyl (C=O) groups is 1. The van der Waals surface area contributed by atoms with E-state index >= 15 is 0 Å². The number of aromatic nitrogens is 2. The first-order chi connectivity index (χ1) is 9.25. The molecule has 0 fully saturated rings. The highest BCUT2D eigenvalue weighted by atomic mass is 16.2. The second-order valence-electron chi connectivity index (χ2n) is 4.39. The number of nitrogens with one attached hydrogen (secondary N) is 1. The van der Waals surface area contributed by atoms with Crippen molar-refractivity contribution >= 4 is 5.91 Å². The van der Waals surface area contributed by atoms with Gasteiger partial charge in [-0.05, 0) is 12.0 Å². The average molecular weight is 258 g/mol. The van der Waals surface area contributed by atoms with E-state index < -0.39 is 6.04 Å². The van der Waals surface area contributed by atoms with Gasteiger partial charge in [0.15, 0.2) is 0 Å². The highest BCUT2D eigenvalue weighted by Gasteiger charge is 2.13. The minimum absolute atomic E-state index is 0.121. The van der Waals surface area contributed by atoms with Crippen molar-refractivity contribution in [2.45, 2.75) is 19.0 Å². The fourth-order valence-corrected chi connectivity index (χ4v) is 1.82. The van der Waals surface area contributed by atoms with E-state index in [-0.39, 0.29) is 5.91 Å². The van der Waals surface area contributed by atoms with Gasteiger partial charge in [0.25, 0.3) is 0 Å². The van der Waals surface area contributed by atoms with Gasteiger partial charge in [-0.15, -0.1) is 0 Å². The lowest BCUT2D eigenvalue weighted by molar-refractivity contribution is -0.122. The maximum absolute atomic E-state index is 11.8. The topological polar surface area (TPSA) is 72.9 Å². The molecule has 0 saturated carbocycles. The van der Waals surface area contributed by atoms with Gasteiger partial charge < -0.3 is 15.6 Å². The van der Waals surface area contributed by atoms with Crippen LogP contribution in [0.3, 0.4) is 0 Å². The Kier molecular flexibility index (Phi) is 4.69. The summed E-state index contributed by atoms with van der Waals surface area (Å²) >= 11 is 0. The Bertz CT molecular complexity index is 495. The van der Waals surface area contributed by atoms with Crippen molar-refractivity contribution < 1.29 is 4.79 Å². The van der Waals surface area contributed by atoms with Crippen molar-refractivity contribution in [2.75, 3.05) is 6.54 Å². The summed E-state index contributed by atoms with van der Waals surface area (Å²) in [6, 6.07) is 9.26. The van der Waals surface area contributed by atoms with Gasteiger partial charge in [-0.25, -0.2) is 4.98 Å². The molecule has 1 aromatic carbocycles. The first-order valence-corrected chi connectivity index (χ1v) is 6.28. The van der Waals surface area contributed by atoms with Crippen molar-refractivity contribution in [3.8, 4) is 0 Å². The smallest absolute Gasteiger partial charge is 0.237 e. The van der Waals surface area contributed by atoms with Gasteiger partial charge in [-0.2, -0.15) is 0 Å². The fraction of sp³-hybridized carbons (Fsp3) is 0.286. The normalized spacial score (nSPS) is 12.1. The second kappa shape index (κ2) is 6.70. The van der Waals surface area contributed by atoms with Gasteiger partial charge >= 0.3 is 0 Å². The molecule has 0 aliphatic carbocycles. The number of imidazole rings is 1. The monoisotopic (exact) mass is 258 g/mol. The Morgan fingerprint density at radius 2 is 2.16 bits per heavy atom. The molecule has 19 heavy (non-hydrogen) atoms. The SMILES string of the molecule is NC(Cc1ccccc1)C(=O)NCCn1ccnc1. The molecular formula is C14H18N4O. The van der Waals surface area contributed by atoms with Crippen LogP contribution in [0.15, 0.2) is 49.1 Å². The third kappa shape index (κ3) is 4.22. The van der Waals surface area contributed by atoms with Gasteiger partial charge in [0.1, 0.15) is 0 Å². The maximum atomic E-state index is 11.8. The molecule has 5 nitrogen and oxygen atoms in total. The van der Waals surface area contributed by atoms with Crippen molar-refractivity contribution in [2.24, 2.45) is 5.73 Å². The summed E-state index contributed by atoms with van der Waals surface area (Å²) in [4.78, 5) is 15.8. The zero-order valence-electron chi connectivity index (χ0n) is 10.7. The van der Waals surface area contributed by atoms with E-state index in [1.54, 1.807) is 12.5 Å². The summed E-state index contributed by atoms with van der Waals surface area (Å²) in [5.41, 5.74) is 6.95. The number of amides is 1. The summed E-state index contributed by atoms with van der Waals surface area (Å²) in [6.45, 7) is 1.25. The summed E-state index contributed by atoms with van der Waals surface area (Å²) in [5, 5.41) is 2.83. The largest absolute Gasteiger partial charge is 0.353 e. The number of benzene rings is 1. The average Bonchev–Trinajstić information content (AvgIpc) is 2.93. The molecule has 0 saturated heterocycles. The highest BCUT2D eigenvalue weighted by molar-refractivity contribution is 5.81. The van der Waals surface area contributed by atoms with Crippen LogP contribution in [0.4, 0.5) is 0 Å². The van der Waals surface area contributed by atoms with Gasteiger partial charge in [0, 0.05) is 25.5 Å². The Morgan fingerprint density at radius 1 is 1.37 bits per heavy atom. The van der Waals surface area contributed by atoms with Crippen LogP contribution < -0.4 is 11.1 Å². The Labute approximate surface area is 112 Å². The summed E-state index contributed by atoms with van der Waals surface area (Å²) in [7, 11) is 0. The lowest BCUT2D eigenvalue weighted by Gasteiger charge is -2.12. The van der Waals surface area contributed by atoms with Crippen LogP contribution in [0.1, 0.15) is 5.56 Å². The van der Waals surface area contributed by atoms with E-state index in [0.717, 1.165) is 5.56 Å². The molecule has 0 bridgehead atoms. The van der Waals surface area contributed by atoms with E-state index in [4.69, 9.17) is 5.73 Å². The van der Waals surface area contributed by atoms with Crippen LogP contribution in [0.25, 0.3) is 0 Å². The van der Waals surface area contributed by atoms with Crippen LogP contribution in [-0.4, -0.2) is 28.0 Å². The van der Waals surface area contributed by atoms with Crippen molar-refractivity contribution in [3.63, 3.8) is 0 Å². The summed E-state index contributed by atoms with van der Waals surface area (Å²) in [6.07, 6.45) is 5.84. The molecule has 1 atom stereocenters. The number of carbonyl (C=O) groups excluding carboxylic acids is 1. The standard InChI is InChI=1S/C14H18N4O/c15-13(10-12-4-2-1-3-5-12)14(19)17-7-9-18-8-6-16-11-18/h1-6,8,11,13H,7,9-10,15H2,(H,17,19). The minimum atomic E-state index is -0.509. The molecule has 2 aromatic rings. The number of rotatable bonds is 6. The van der Waals surface area contributed by atoms with Crippen LogP contribution >= 0.6 is 0 Å². The van der Waals surface area contributed by atoms with Crippen molar-refractivity contribution in [1.82, 2.24) is 14.9 Å². The molecule has 0 radical (unpaired) electrons. The molecule has 0 aliphatic heterocycles. The van der Waals surface area contributed by atoms with Crippen molar-refractivity contribution in [1.29, 1.82) is 0 Å². The van der Waals surface area contributed by atoms with Gasteiger partial charge in [-0.1, -0.05) is 30.3 Å². The summed E-state index contributed by atoms with van der Waals surface area (Å²) < 4.78 is 1.91. The van der Waals surface area contributed by atoms with Crippen LogP contribution in [0.5, 0.6) is 0 Å². The lowest BCUT2D eigenvalue weighted by atomic mass is 10.1. The van der Waals surface area contributed by atoms with E-state index in [1.807, 2.05) is 41.1 Å². The van der Waals surface area contributed by atoms with E-state index in [0.29, 0.717) is 19.5 Å². The summed E-state index contributed by atoms with van der Waals surface area (Å²) in [5.74, 6) is -0.121. The zero-order valence-corrected chi connectivity index (χ0v) is 10.7. The van der Waals surface area contributed by atoms with E-state index in [2.05, 4.69) is 10.3 Å². The second-order valence-corrected chi connectivity index (χ2v) is 4.39. The predicted molar refractivity (Wildman–Crippen MR) is 73.4 cm³/mol. The van der Waals surface area contributed by atoms with Crippen LogP contribution in [-0.2, 0) is 17.8 Å². The quantitative estimate of drug-likeness (QED) is 0.795. The third-order valence-corrected chi connectivity index (χ3v) is 2.86. The van der Waals surface area contributed by atoms with Gasteiger partial charge in [-0.3, -0.25) is 4.79 Å². The lowest BCUT2D eigenvalue weighted by Crippen LogP contribution is -2.43. The van der Waals surface area contributed by atoms with Gasteiger partial charge in [0.05, 0.1) is 12.4 Å². The zero-order chi connectivity index (χ0) is 13.5. The molecule has 1 amide bonds. The Morgan fingerprint density at radius 3 is 2.84 bits per heavy atom. The Hall–Kier alpha value is -2.14. The molecule has 100 valence electrons. The van der Waals surface area contributed by atoms with Gasteiger partial charge in [0.2, 0.25) is 5.91 Å². The molecular weight excluding hydrogens is 240 g/mol. The number of hydrogen-bond acceptors (Lipinski definition) is 3. The number of hydrogen-bond donors (Lipinski definition) is 2. The number of nitrogens with zero attached hydrogens (tertiary/aromatic N) is 2. The molecule has 3 N–H and O–H groups in total. The third-order valence-electron chi connectivity index (χ3n) is 2.86. The highest BCUT2D eigenvalue weighted by Crippen LogP contribution is 2.01. The Balaban J connectivity index is 1.73. The maximum Gasteiger partial charge on any atom is 0.237 e. The molecule has 0 aliphatic rings. The molecule has 1 heterocycles. The molecule has 1 unspecified atom stereocenters. The molecule has 2 rings (SSSR count). The first kappa shape index (κ1) is 13.3. The molecule has 0 spiro atoms. The van der Waals surface area contributed by atoms with E-state index in [9.17, 15) is 4.79 Å². The molecule has 5 heteroatoms. The van der Waals surface area contributed by atoms with E-state index in [1.165, 1.54) is 0 Å². The number of nitrogens with two attached hydrogens (primary N) is 1. The molecule has 1 aromatic heterocycles. The first-order valence-electron chi connectivity index (χ1n) is 6.28. The van der Waals surface area contributed by atoms with Crippen LogP contribution in [0, 0.1) is 0 Å². The predicted octanol–water partition coefficient (Wildman–Crippen LogP) is 0.569. The fourth-order valence-electron chi connectivity index (χ4n) is 1.82. The minimum Gasteiger partial charge on any atom is -0.353 e.